The van der Waals surface area contributed by atoms with Crippen LogP contribution in [0.3, 0.4) is 0 Å². The van der Waals surface area contributed by atoms with E-state index < -0.39 is 5.97 Å². The number of hydrogen-bond acceptors (Lipinski definition) is 5. The number of carbonyl (C=O) groups is 1. The molecule has 6 heteroatoms. The number of phenolic OH excluding ortho intramolecular Hbond substituents is 2. The molecule has 0 bridgehead atoms. The summed E-state index contributed by atoms with van der Waals surface area (Å²) in [6.45, 7) is 0. The van der Waals surface area contributed by atoms with Gasteiger partial charge in [0, 0.05) is 10.5 Å². The molecule has 104 valence electrons. The Hall–Kier alpha value is -2.21. The van der Waals surface area contributed by atoms with Crippen molar-refractivity contribution in [2.45, 2.75) is 0 Å². The fraction of sp³-hybridized carbons (Fsp3) is 0.0714. The van der Waals surface area contributed by atoms with Crippen LogP contribution in [0, 0.1) is 0 Å². The SMILES string of the molecule is COC(=O)c1ccc(Nc2cc(O)ccc2O)c(Br)c1. The van der Waals surface area contributed by atoms with Crippen LogP contribution < -0.4 is 5.32 Å². The zero-order valence-corrected chi connectivity index (χ0v) is 12.1. The van der Waals surface area contributed by atoms with E-state index in [4.69, 9.17) is 0 Å². The Morgan fingerprint density at radius 1 is 1.15 bits per heavy atom. The van der Waals surface area contributed by atoms with E-state index in [0.29, 0.717) is 21.4 Å². The first-order valence-corrected chi connectivity index (χ1v) is 6.47. The minimum Gasteiger partial charge on any atom is -0.508 e. The molecule has 0 unspecified atom stereocenters. The summed E-state index contributed by atoms with van der Waals surface area (Å²) in [6, 6.07) is 9.03. The quantitative estimate of drug-likeness (QED) is 0.454. The fourth-order valence-corrected chi connectivity index (χ4v) is 2.11. The summed E-state index contributed by atoms with van der Waals surface area (Å²) in [7, 11) is 1.31. The van der Waals surface area contributed by atoms with E-state index in [1.807, 2.05) is 0 Å². The maximum Gasteiger partial charge on any atom is 0.337 e. The maximum atomic E-state index is 11.4. The van der Waals surface area contributed by atoms with Gasteiger partial charge in [-0.25, -0.2) is 4.79 Å². The number of phenols is 2. The van der Waals surface area contributed by atoms with Crippen molar-refractivity contribution in [3.05, 3.63) is 46.4 Å². The number of benzene rings is 2. The predicted molar refractivity (Wildman–Crippen MR) is 78.5 cm³/mol. The second-order valence-electron chi connectivity index (χ2n) is 4.01. The highest BCUT2D eigenvalue weighted by atomic mass is 79.9. The van der Waals surface area contributed by atoms with Gasteiger partial charge >= 0.3 is 5.97 Å². The van der Waals surface area contributed by atoms with Crippen molar-refractivity contribution in [1.29, 1.82) is 0 Å². The van der Waals surface area contributed by atoms with Crippen LogP contribution in [-0.2, 0) is 4.74 Å². The van der Waals surface area contributed by atoms with Crippen molar-refractivity contribution < 1.29 is 19.7 Å². The van der Waals surface area contributed by atoms with Gasteiger partial charge in [-0.2, -0.15) is 0 Å². The fourth-order valence-electron chi connectivity index (χ4n) is 1.63. The van der Waals surface area contributed by atoms with Crippen LogP contribution in [0.2, 0.25) is 0 Å². The van der Waals surface area contributed by atoms with Gasteiger partial charge in [-0.15, -0.1) is 0 Å². The molecular weight excluding hydrogens is 326 g/mol. The average molecular weight is 338 g/mol. The molecular formula is C14H12BrNO4. The van der Waals surface area contributed by atoms with Crippen LogP contribution in [0.25, 0.3) is 0 Å². The maximum absolute atomic E-state index is 11.4. The summed E-state index contributed by atoms with van der Waals surface area (Å²) in [5.74, 6) is -0.392. The Balaban J connectivity index is 2.30. The van der Waals surface area contributed by atoms with Crippen molar-refractivity contribution in [2.24, 2.45) is 0 Å². The molecule has 0 aliphatic carbocycles. The second kappa shape index (κ2) is 5.83. The number of nitrogens with one attached hydrogen (secondary N) is 1. The Labute approximate surface area is 123 Å². The molecule has 0 saturated carbocycles. The molecule has 5 nitrogen and oxygen atoms in total. The number of carbonyl (C=O) groups excluding carboxylic acids is 1. The highest BCUT2D eigenvalue weighted by molar-refractivity contribution is 9.10. The Bertz CT molecular complexity index is 658. The van der Waals surface area contributed by atoms with Crippen molar-refractivity contribution in [3.63, 3.8) is 0 Å². The molecule has 2 rings (SSSR count). The largest absolute Gasteiger partial charge is 0.508 e. The first-order valence-electron chi connectivity index (χ1n) is 5.68. The zero-order chi connectivity index (χ0) is 14.7. The van der Waals surface area contributed by atoms with Crippen LogP contribution in [0.1, 0.15) is 10.4 Å². The summed E-state index contributed by atoms with van der Waals surface area (Å²) in [6.07, 6.45) is 0. The summed E-state index contributed by atoms with van der Waals surface area (Å²) < 4.78 is 5.26. The summed E-state index contributed by atoms with van der Waals surface area (Å²) in [5.41, 5.74) is 1.40. The molecule has 0 heterocycles. The number of halogens is 1. The molecule has 2 aromatic carbocycles. The third-order valence-electron chi connectivity index (χ3n) is 2.64. The Morgan fingerprint density at radius 3 is 2.55 bits per heavy atom. The first kappa shape index (κ1) is 14.2. The summed E-state index contributed by atoms with van der Waals surface area (Å²) in [5, 5.41) is 22.1. The molecule has 0 amide bonds. The molecule has 3 N–H and O–H groups in total. The number of esters is 1. The molecule has 2 aromatic rings. The molecule has 0 aromatic heterocycles. The van der Waals surface area contributed by atoms with Crippen LogP contribution in [0.15, 0.2) is 40.9 Å². The summed E-state index contributed by atoms with van der Waals surface area (Å²) in [4.78, 5) is 11.4. The lowest BCUT2D eigenvalue weighted by atomic mass is 10.2. The number of hydrogen-bond donors (Lipinski definition) is 3. The second-order valence-corrected chi connectivity index (χ2v) is 4.87. The van der Waals surface area contributed by atoms with Gasteiger partial charge in [0.15, 0.2) is 0 Å². The van der Waals surface area contributed by atoms with E-state index in [2.05, 4.69) is 26.0 Å². The zero-order valence-electron chi connectivity index (χ0n) is 10.6. The molecule has 0 radical (unpaired) electrons. The van der Waals surface area contributed by atoms with Gasteiger partial charge in [-0.1, -0.05) is 0 Å². The smallest absolute Gasteiger partial charge is 0.337 e. The summed E-state index contributed by atoms with van der Waals surface area (Å²) >= 11 is 3.33. The average Bonchev–Trinajstić information content (AvgIpc) is 2.44. The Morgan fingerprint density at radius 2 is 1.90 bits per heavy atom. The monoisotopic (exact) mass is 337 g/mol. The van der Waals surface area contributed by atoms with Crippen molar-refractivity contribution in [3.8, 4) is 11.5 Å². The van der Waals surface area contributed by atoms with E-state index in [-0.39, 0.29) is 11.5 Å². The predicted octanol–water partition coefficient (Wildman–Crippen LogP) is 3.39. The third-order valence-corrected chi connectivity index (χ3v) is 3.30. The van der Waals surface area contributed by atoms with E-state index in [1.165, 1.54) is 25.3 Å². The lowest BCUT2D eigenvalue weighted by Gasteiger charge is -2.11. The van der Waals surface area contributed by atoms with E-state index in [9.17, 15) is 15.0 Å². The van der Waals surface area contributed by atoms with Crippen LogP contribution in [0.5, 0.6) is 11.5 Å². The van der Waals surface area contributed by atoms with Gasteiger partial charge in [-0.3, -0.25) is 0 Å². The Kier molecular flexibility index (Phi) is 4.14. The lowest BCUT2D eigenvalue weighted by Crippen LogP contribution is -2.01. The molecule has 20 heavy (non-hydrogen) atoms. The molecule has 0 fully saturated rings. The molecule has 0 aliphatic rings. The lowest BCUT2D eigenvalue weighted by molar-refractivity contribution is 0.0600. The van der Waals surface area contributed by atoms with Crippen LogP contribution >= 0.6 is 15.9 Å². The van der Waals surface area contributed by atoms with Crippen molar-refractivity contribution in [2.75, 3.05) is 12.4 Å². The van der Waals surface area contributed by atoms with Gasteiger partial charge in [0.1, 0.15) is 11.5 Å². The normalized spacial score (nSPS) is 10.1. The third kappa shape index (κ3) is 3.03. The van der Waals surface area contributed by atoms with E-state index in [1.54, 1.807) is 18.2 Å². The topological polar surface area (TPSA) is 78.8 Å². The van der Waals surface area contributed by atoms with Gasteiger partial charge in [0.05, 0.1) is 24.0 Å². The van der Waals surface area contributed by atoms with Crippen molar-refractivity contribution >= 4 is 33.3 Å². The highest BCUT2D eigenvalue weighted by Gasteiger charge is 2.10. The first-order chi connectivity index (χ1) is 9.51. The number of aromatic hydroxyl groups is 2. The van der Waals surface area contributed by atoms with Gasteiger partial charge in [-0.05, 0) is 46.3 Å². The molecule has 0 spiro atoms. The highest BCUT2D eigenvalue weighted by Crippen LogP contribution is 2.33. The van der Waals surface area contributed by atoms with E-state index in [0.717, 1.165) is 0 Å². The molecule has 0 saturated heterocycles. The number of rotatable bonds is 3. The van der Waals surface area contributed by atoms with Gasteiger partial charge in [0.25, 0.3) is 0 Å². The van der Waals surface area contributed by atoms with Crippen LogP contribution in [0.4, 0.5) is 11.4 Å². The minimum atomic E-state index is -0.433. The molecule has 0 atom stereocenters. The van der Waals surface area contributed by atoms with Gasteiger partial charge < -0.3 is 20.3 Å². The standard InChI is InChI=1S/C14H12BrNO4/c1-20-14(19)8-2-4-11(10(15)6-8)16-12-7-9(17)3-5-13(12)18/h2-7,16-18H,1H3. The number of methoxy groups -OCH3 is 1. The minimum absolute atomic E-state index is 0.00624. The van der Waals surface area contributed by atoms with Crippen LogP contribution in [-0.4, -0.2) is 23.3 Å². The van der Waals surface area contributed by atoms with E-state index >= 15 is 0 Å². The molecule has 0 aliphatic heterocycles. The van der Waals surface area contributed by atoms with Gasteiger partial charge in [0.2, 0.25) is 0 Å². The van der Waals surface area contributed by atoms with Crippen molar-refractivity contribution in [1.82, 2.24) is 0 Å². The number of anilines is 2. The number of ether oxygens (including phenoxy) is 1.